The number of rotatable bonds is 6. The molecule has 0 aromatic carbocycles. The Morgan fingerprint density at radius 2 is 2.16 bits per heavy atom. The van der Waals surface area contributed by atoms with Crippen LogP contribution in [-0.2, 0) is 4.79 Å². The van der Waals surface area contributed by atoms with Gasteiger partial charge in [-0.25, -0.2) is 4.98 Å². The number of carboxylic acid groups (broad SMARTS) is 1. The molecule has 1 aromatic rings. The third kappa shape index (κ3) is 3.21. The van der Waals surface area contributed by atoms with Gasteiger partial charge < -0.3 is 16.2 Å². The number of nitrogens with zero attached hydrogens (tertiary/aromatic N) is 1. The molecule has 0 aliphatic rings. The van der Waals surface area contributed by atoms with Crippen LogP contribution >= 0.6 is 0 Å². The quantitative estimate of drug-likeness (QED) is 0.721. The molecule has 104 valence electrons. The molecule has 0 radical (unpaired) electrons. The fourth-order valence-electron chi connectivity index (χ4n) is 1.63. The van der Waals surface area contributed by atoms with Gasteiger partial charge in [-0.05, 0) is 31.9 Å². The maximum atomic E-state index is 11.4. The van der Waals surface area contributed by atoms with Gasteiger partial charge in [0.25, 0.3) is 5.91 Å². The molecule has 0 aliphatic heterocycles. The van der Waals surface area contributed by atoms with Crippen LogP contribution in [0.4, 0.5) is 5.82 Å². The van der Waals surface area contributed by atoms with Gasteiger partial charge in [0, 0.05) is 12.7 Å². The Labute approximate surface area is 112 Å². The predicted molar refractivity (Wildman–Crippen MR) is 72.0 cm³/mol. The van der Waals surface area contributed by atoms with Crippen molar-refractivity contribution >= 4 is 17.7 Å². The van der Waals surface area contributed by atoms with Crippen molar-refractivity contribution in [3.63, 3.8) is 0 Å². The number of aromatic nitrogens is 1. The molecule has 0 bridgehead atoms. The van der Waals surface area contributed by atoms with E-state index in [-0.39, 0.29) is 6.54 Å². The van der Waals surface area contributed by atoms with E-state index in [1.807, 2.05) is 0 Å². The molecule has 0 spiro atoms. The third-order valence-corrected chi connectivity index (χ3v) is 3.35. The lowest BCUT2D eigenvalue weighted by atomic mass is 9.87. The van der Waals surface area contributed by atoms with Gasteiger partial charge in [-0.2, -0.15) is 0 Å². The highest BCUT2D eigenvalue weighted by molar-refractivity contribution is 5.99. The maximum Gasteiger partial charge on any atom is 0.311 e. The van der Waals surface area contributed by atoms with E-state index in [9.17, 15) is 14.7 Å². The van der Waals surface area contributed by atoms with Crippen LogP contribution in [0.1, 0.15) is 36.2 Å². The van der Waals surface area contributed by atoms with E-state index >= 15 is 0 Å². The van der Waals surface area contributed by atoms with Gasteiger partial charge in [0.2, 0.25) is 0 Å². The SMILES string of the molecule is CCC(C)(CNc1nccc(C)c1C(N)=O)C(=O)O. The fraction of sp³-hybridized carbons (Fsp3) is 0.462. The number of amides is 1. The number of carboxylic acids is 1. The van der Waals surface area contributed by atoms with Crippen molar-refractivity contribution in [3.05, 3.63) is 23.4 Å². The van der Waals surface area contributed by atoms with Crippen molar-refractivity contribution in [1.29, 1.82) is 0 Å². The van der Waals surface area contributed by atoms with Crippen LogP contribution in [0.25, 0.3) is 0 Å². The summed E-state index contributed by atoms with van der Waals surface area (Å²) in [4.78, 5) is 26.7. The maximum absolute atomic E-state index is 11.4. The summed E-state index contributed by atoms with van der Waals surface area (Å²) >= 11 is 0. The summed E-state index contributed by atoms with van der Waals surface area (Å²) in [5.74, 6) is -1.15. The average molecular weight is 265 g/mol. The number of nitrogens with two attached hydrogens (primary N) is 1. The van der Waals surface area contributed by atoms with Gasteiger partial charge >= 0.3 is 5.97 Å². The van der Waals surface area contributed by atoms with E-state index in [2.05, 4.69) is 10.3 Å². The van der Waals surface area contributed by atoms with Crippen molar-refractivity contribution in [3.8, 4) is 0 Å². The van der Waals surface area contributed by atoms with Gasteiger partial charge in [0.1, 0.15) is 5.82 Å². The molecule has 19 heavy (non-hydrogen) atoms. The van der Waals surface area contributed by atoms with Crippen LogP contribution in [0.5, 0.6) is 0 Å². The second-order valence-electron chi connectivity index (χ2n) is 4.79. The Kier molecular flexibility index (Phi) is 4.47. The fourth-order valence-corrected chi connectivity index (χ4v) is 1.63. The summed E-state index contributed by atoms with van der Waals surface area (Å²) in [5, 5.41) is 12.1. The smallest absolute Gasteiger partial charge is 0.311 e. The van der Waals surface area contributed by atoms with E-state index in [4.69, 9.17) is 5.73 Å². The zero-order valence-electron chi connectivity index (χ0n) is 11.4. The normalized spacial score (nSPS) is 13.6. The second kappa shape index (κ2) is 5.69. The topological polar surface area (TPSA) is 105 Å². The van der Waals surface area contributed by atoms with E-state index in [1.54, 1.807) is 33.0 Å². The number of primary amides is 1. The van der Waals surface area contributed by atoms with Crippen LogP contribution in [0.3, 0.4) is 0 Å². The second-order valence-corrected chi connectivity index (χ2v) is 4.79. The molecule has 6 nitrogen and oxygen atoms in total. The minimum atomic E-state index is -0.916. The summed E-state index contributed by atoms with van der Waals surface area (Å²) in [6.07, 6.45) is 2.02. The number of aliphatic carboxylic acids is 1. The lowest BCUT2D eigenvalue weighted by molar-refractivity contribution is -0.147. The molecule has 1 aromatic heterocycles. The number of hydrogen-bond acceptors (Lipinski definition) is 4. The monoisotopic (exact) mass is 265 g/mol. The Balaban J connectivity index is 2.98. The van der Waals surface area contributed by atoms with Gasteiger partial charge in [0.15, 0.2) is 0 Å². The number of hydrogen-bond donors (Lipinski definition) is 3. The number of aryl methyl sites for hydroxylation is 1. The largest absolute Gasteiger partial charge is 0.481 e. The van der Waals surface area contributed by atoms with Crippen molar-refractivity contribution in [2.45, 2.75) is 27.2 Å². The van der Waals surface area contributed by atoms with Crippen LogP contribution in [0.2, 0.25) is 0 Å². The average Bonchev–Trinajstić information content (AvgIpc) is 2.35. The lowest BCUT2D eigenvalue weighted by Crippen LogP contribution is -2.35. The number of carbonyl (C=O) groups excluding carboxylic acids is 1. The van der Waals surface area contributed by atoms with Gasteiger partial charge in [-0.1, -0.05) is 6.92 Å². The summed E-state index contributed by atoms with van der Waals surface area (Å²) in [7, 11) is 0. The Morgan fingerprint density at radius 1 is 1.53 bits per heavy atom. The van der Waals surface area contributed by atoms with E-state index < -0.39 is 17.3 Å². The molecule has 1 atom stereocenters. The first kappa shape index (κ1) is 14.9. The highest BCUT2D eigenvalue weighted by Crippen LogP contribution is 2.23. The minimum absolute atomic E-state index is 0.176. The summed E-state index contributed by atoms with van der Waals surface area (Å²) in [5.41, 5.74) is 5.40. The molecule has 1 heterocycles. The van der Waals surface area contributed by atoms with Crippen molar-refractivity contribution in [2.24, 2.45) is 11.1 Å². The molecule has 1 rings (SSSR count). The third-order valence-electron chi connectivity index (χ3n) is 3.35. The number of carbonyl (C=O) groups is 2. The van der Waals surface area contributed by atoms with E-state index in [1.165, 1.54) is 0 Å². The molecule has 0 aliphatic carbocycles. The predicted octanol–water partition coefficient (Wildman–Crippen LogP) is 1.40. The van der Waals surface area contributed by atoms with Crippen LogP contribution in [-0.4, -0.2) is 28.5 Å². The minimum Gasteiger partial charge on any atom is -0.481 e. The molecular formula is C13H19N3O3. The Morgan fingerprint density at radius 3 is 2.63 bits per heavy atom. The van der Waals surface area contributed by atoms with Crippen molar-refractivity contribution < 1.29 is 14.7 Å². The Bertz CT molecular complexity index is 502. The van der Waals surface area contributed by atoms with Crippen LogP contribution in [0, 0.1) is 12.3 Å². The molecule has 6 heteroatoms. The highest BCUT2D eigenvalue weighted by atomic mass is 16.4. The Hall–Kier alpha value is -2.11. The standard InChI is InChI=1S/C13H19N3O3/c1-4-13(3,12(18)19)7-16-11-9(10(14)17)8(2)5-6-15-11/h5-6H,4,7H2,1-3H3,(H2,14,17)(H,15,16)(H,18,19). The summed E-state index contributed by atoms with van der Waals surface area (Å²) < 4.78 is 0. The zero-order valence-corrected chi connectivity index (χ0v) is 11.4. The number of pyridine rings is 1. The first-order valence-electron chi connectivity index (χ1n) is 6.04. The molecule has 0 saturated carbocycles. The molecule has 1 unspecified atom stereocenters. The molecule has 0 fully saturated rings. The summed E-state index contributed by atoms with van der Waals surface area (Å²) in [6, 6.07) is 1.68. The van der Waals surface area contributed by atoms with Crippen LogP contribution < -0.4 is 11.1 Å². The van der Waals surface area contributed by atoms with Gasteiger partial charge in [-0.15, -0.1) is 0 Å². The molecule has 4 N–H and O–H groups in total. The number of anilines is 1. The molecule has 0 saturated heterocycles. The molecular weight excluding hydrogens is 246 g/mol. The van der Waals surface area contributed by atoms with Crippen LogP contribution in [0.15, 0.2) is 12.3 Å². The van der Waals surface area contributed by atoms with Gasteiger partial charge in [-0.3, -0.25) is 9.59 Å². The number of nitrogens with one attached hydrogen (secondary N) is 1. The first-order valence-corrected chi connectivity index (χ1v) is 6.04. The van der Waals surface area contributed by atoms with E-state index in [0.717, 1.165) is 0 Å². The van der Waals surface area contributed by atoms with Crippen molar-refractivity contribution in [1.82, 2.24) is 4.98 Å². The van der Waals surface area contributed by atoms with Gasteiger partial charge in [0.05, 0.1) is 11.0 Å². The summed E-state index contributed by atoms with van der Waals surface area (Å²) in [6.45, 7) is 5.37. The van der Waals surface area contributed by atoms with Crippen molar-refractivity contribution in [2.75, 3.05) is 11.9 Å². The lowest BCUT2D eigenvalue weighted by Gasteiger charge is -2.24. The highest BCUT2D eigenvalue weighted by Gasteiger charge is 2.31. The zero-order chi connectivity index (χ0) is 14.6. The first-order chi connectivity index (χ1) is 8.81. The van der Waals surface area contributed by atoms with E-state index in [0.29, 0.717) is 23.4 Å². The molecule has 1 amide bonds.